The van der Waals surface area contributed by atoms with Gasteiger partial charge in [0.1, 0.15) is 29.9 Å². The number of carbonyl (C=O) groups is 1. The molecule has 0 spiro atoms. The van der Waals surface area contributed by atoms with Crippen LogP contribution in [-0.2, 0) is 9.47 Å². The predicted molar refractivity (Wildman–Crippen MR) is 115 cm³/mol. The molecule has 2 saturated heterocycles. The van der Waals surface area contributed by atoms with Crippen LogP contribution in [0.2, 0.25) is 0 Å². The van der Waals surface area contributed by atoms with Gasteiger partial charge in [0.05, 0.1) is 18.8 Å². The Morgan fingerprint density at radius 2 is 1.90 bits per heavy atom. The van der Waals surface area contributed by atoms with Crippen LogP contribution in [0.25, 0.3) is 10.8 Å². The van der Waals surface area contributed by atoms with Crippen molar-refractivity contribution in [1.29, 1.82) is 0 Å². The fraction of sp³-hybridized carbons (Fsp3) is 0.348. The molecule has 2 atom stereocenters. The molecule has 5 rings (SSSR count). The summed E-state index contributed by atoms with van der Waals surface area (Å²) >= 11 is 0. The summed E-state index contributed by atoms with van der Waals surface area (Å²) in [5.74, 6) is 0.890. The van der Waals surface area contributed by atoms with E-state index in [9.17, 15) is 4.79 Å². The molecule has 160 valence electrons. The van der Waals surface area contributed by atoms with Gasteiger partial charge in [-0.15, -0.1) is 0 Å². The van der Waals surface area contributed by atoms with Crippen molar-refractivity contribution in [2.75, 3.05) is 31.2 Å². The highest BCUT2D eigenvalue weighted by Gasteiger charge is 2.39. The Bertz CT molecular complexity index is 1100. The van der Waals surface area contributed by atoms with Crippen LogP contribution in [0.4, 0.5) is 5.82 Å². The van der Waals surface area contributed by atoms with Crippen LogP contribution >= 0.6 is 0 Å². The molecule has 4 heterocycles. The number of carbonyl (C=O) groups excluding carboxylic acids is 1. The Labute approximate surface area is 179 Å². The SMILES string of the molecule is Cc1ccc(C(N)=O)c(N2C[C@@H]3OCC(Oc4cccc5cnccc45)CO[C@H]3C2)n1. The number of anilines is 1. The molecule has 2 N–H and O–H groups in total. The van der Waals surface area contributed by atoms with Crippen LogP contribution in [-0.4, -0.2) is 60.5 Å². The quantitative estimate of drug-likeness (QED) is 0.690. The van der Waals surface area contributed by atoms with Gasteiger partial charge in [0, 0.05) is 41.9 Å². The van der Waals surface area contributed by atoms with E-state index in [2.05, 4.69) is 9.97 Å². The predicted octanol–water partition coefficient (Wildman–Crippen LogP) is 2.09. The number of fused-ring (bicyclic) bond motifs is 2. The minimum Gasteiger partial charge on any atom is -0.485 e. The lowest BCUT2D eigenvalue weighted by atomic mass is 10.1. The maximum Gasteiger partial charge on any atom is 0.252 e. The summed E-state index contributed by atoms with van der Waals surface area (Å²) in [5, 5.41) is 2.04. The first kappa shape index (κ1) is 19.7. The van der Waals surface area contributed by atoms with E-state index in [0.717, 1.165) is 22.2 Å². The number of nitrogens with two attached hydrogens (primary N) is 1. The van der Waals surface area contributed by atoms with Gasteiger partial charge in [-0.25, -0.2) is 4.98 Å². The molecule has 0 aliphatic carbocycles. The van der Waals surface area contributed by atoms with E-state index in [-0.39, 0.29) is 18.3 Å². The van der Waals surface area contributed by atoms with Crippen LogP contribution in [0.3, 0.4) is 0 Å². The van der Waals surface area contributed by atoms with Crippen LogP contribution in [0.5, 0.6) is 5.75 Å². The lowest BCUT2D eigenvalue weighted by Crippen LogP contribution is -2.31. The normalized spacial score (nSPS) is 21.6. The average Bonchev–Trinajstić information content (AvgIpc) is 3.09. The van der Waals surface area contributed by atoms with Gasteiger partial charge < -0.3 is 24.8 Å². The number of ether oxygens (including phenoxy) is 3. The highest BCUT2D eigenvalue weighted by atomic mass is 16.6. The summed E-state index contributed by atoms with van der Waals surface area (Å²) < 4.78 is 18.5. The highest BCUT2D eigenvalue weighted by molar-refractivity contribution is 5.97. The molecule has 1 aromatic carbocycles. The molecular formula is C23H24N4O4. The Morgan fingerprint density at radius 3 is 2.65 bits per heavy atom. The molecule has 8 nitrogen and oxygen atoms in total. The van der Waals surface area contributed by atoms with E-state index in [1.165, 1.54) is 0 Å². The maximum absolute atomic E-state index is 11.8. The van der Waals surface area contributed by atoms with Gasteiger partial charge in [0.2, 0.25) is 0 Å². The van der Waals surface area contributed by atoms with Gasteiger partial charge in [-0.3, -0.25) is 9.78 Å². The van der Waals surface area contributed by atoms with E-state index >= 15 is 0 Å². The third-order valence-corrected chi connectivity index (χ3v) is 5.72. The number of nitrogens with zero attached hydrogens (tertiary/aromatic N) is 3. The van der Waals surface area contributed by atoms with E-state index < -0.39 is 5.91 Å². The van der Waals surface area contributed by atoms with Gasteiger partial charge in [-0.1, -0.05) is 12.1 Å². The number of aryl methyl sites for hydroxylation is 1. The number of primary amides is 1. The monoisotopic (exact) mass is 420 g/mol. The van der Waals surface area contributed by atoms with Gasteiger partial charge in [0.15, 0.2) is 0 Å². The Kier molecular flexibility index (Phi) is 5.17. The standard InChI is InChI=1S/C23H24N4O4/c1-14-5-6-18(22(24)28)23(26-14)27-10-20-21(11-27)30-13-16(12-29-20)31-19-4-2-3-15-9-25-8-7-17(15)19/h2-9,16,20-21H,10-13H2,1H3,(H2,24,28)/t20-,21-/m0/s1. The molecule has 3 aromatic rings. The molecule has 0 bridgehead atoms. The number of hydrogen-bond donors (Lipinski definition) is 1. The van der Waals surface area contributed by atoms with Crippen molar-refractivity contribution in [2.24, 2.45) is 5.73 Å². The van der Waals surface area contributed by atoms with E-state index in [4.69, 9.17) is 19.9 Å². The third kappa shape index (κ3) is 3.92. The van der Waals surface area contributed by atoms with Crippen molar-refractivity contribution >= 4 is 22.5 Å². The van der Waals surface area contributed by atoms with Gasteiger partial charge in [-0.05, 0) is 31.2 Å². The first-order valence-electron chi connectivity index (χ1n) is 10.3. The minimum absolute atomic E-state index is 0.131. The number of hydrogen-bond acceptors (Lipinski definition) is 7. The average molecular weight is 420 g/mol. The molecule has 2 aliphatic heterocycles. The van der Waals surface area contributed by atoms with E-state index in [0.29, 0.717) is 37.7 Å². The van der Waals surface area contributed by atoms with Crippen LogP contribution < -0.4 is 15.4 Å². The van der Waals surface area contributed by atoms with Gasteiger partial charge in [-0.2, -0.15) is 0 Å². The van der Waals surface area contributed by atoms with Gasteiger partial charge >= 0.3 is 0 Å². The minimum atomic E-state index is -0.491. The zero-order chi connectivity index (χ0) is 21.4. The number of pyridine rings is 2. The van der Waals surface area contributed by atoms with E-state index in [1.54, 1.807) is 18.3 Å². The zero-order valence-corrected chi connectivity index (χ0v) is 17.2. The second kappa shape index (κ2) is 8.13. The first-order chi connectivity index (χ1) is 15.1. The summed E-state index contributed by atoms with van der Waals surface area (Å²) in [6.07, 6.45) is 3.10. The molecule has 31 heavy (non-hydrogen) atoms. The van der Waals surface area contributed by atoms with Crippen LogP contribution in [0.1, 0.15) is 16.1 Å². The molecule has 2 aromatic heterocycles. The fourth-order valence-corrected chi connectivity index (χ4v) is 4.17. The number of aromatic nitrogens is 2. The summed E-state index contributed by atoms with van der Waals surface area (Å²) in [6.45, 7) is 3.88. The maximum atomic E-state index is 11.8. The molecule has 2 aliphatic rings. The Hall–Kier alpha value is -3.23. The summed E-state index contributed by atoms with van der Waals surface area (Å²) in [4.78, 5) is 22.6. The lowest BCUT2D eigenvalue weighted by Gasteiger charge is -2.22. The molecular weight excluding hydrogens is 396 g/mol. The second-order valence-corrected chi connectivity index (χ2v) is 7.93. The van der Waals surface area contributed by atoms with Crippen molar-refractivity contribution in [3.63, 3.8) is 0 Å². The van der Waals surface area contributed by atoms with Crippen molar-refractivity contribution in [3.8, 4) is 5.75 Å². The number of rotatable bonds is 4. The topological polar surface area (TPSA) is 99.8 Å². The smallest absolute Gasteiger partial charge is 0.252 e. The number of amides is 1. The largest absolute Gasteiger partial charge is 0.485 e. The molecule has 0 radical (unpaired) electrons. The summed E-state index contributed by atoms with van der Waals surface area (Å²) in [6, 6.07) is 11.4. The summed E-state index contributed by atoms with van der Waals surface area (Å²) in [7, 11) is 0. The zero-order valence-electron chi connectivity index (χ0n) is 17.2. The van der Waals surface area contributed by atoms with Crippen LogP contribution in [0, 0.1) is 6.92 Å². The van der Waals surface area contributed by atoms with Crippen LogP contribution in [0.15, 0.2) is 48.8 Å². The van der Waals surface area contributed by atoms with E-state index in [1.807, 2.05) is 42.3 Å². The van der Waals surface area contributed by atoms with Gasteiger partial charge in [0.25, 0.3) is 5.91 Å². The van der Waals surface area contributed by atoms with Crippen molar-refractivity contribution in [2.45, 2.75) is 25.2 Å². The molecule has 0 saturated carbocycles. The second-order valence-electron chi connectivity index (χ2n) is 7.93. The molecule has 8 heteroatoms. The number of benzene rings is 1. The van der Waals surface area contributed by atoms with Crippen molar-refractivity contribution < 1.29 is 19.0 Å². The third-order valence-electron chi connectivity index (χ3n) is 5.72. The Morgan fingerprint density at radius 1 is 1.13 bits per heavy atom. The highest BCUT2D eigenvalue weighted by Crippen LogP contribution is 2.29. The first-order valence-corrected chi connectivity index (χ1v) is 10.3. The van der Waals surface area contributed by atoms with Crippen molar-refractivity contribution in [1.82, 2.24) is 9.97 Å². The molecule has 2 fully saturated rings. The fourth-order valence-electron chi connectivity index (χ4n) is 4.17. The van der Waals surface area contributed by atoms with Crippen molar-refractivity contribution in [3.05, 3.63) is 60.0 Å². The molecule has 0 unspecified atom stereocenters. The molecule has 1 amide bonds. The Balaban J connectivity index is 1.28. The summed E-state index contributed by atoms with van der Waals surface area (Å²) in [5.41, 5.74) is 6.78. The lowest BCUT2D eigenvalue weighted by molar-refractivity contribution is -0.00461.